The van der Waals surface area contributed by atoms with Gasteiger partial charge in [-0.2, -0.15) is 0 Å². The lowest BCUT2D eigenvalue weighted by atomic mass is 10.1. The van der Waals surface area contributed by atoms with Gasteiger partial charge in [0.05, 0.1) is 5.29 Å². The summed E-state index contributed by atoms with van der Waals surface area (Å²) in [4.78, 5) is 9.80. The monoisotopic (exact) mass is 150 g/mol. The third-order valence-corrected chi connectivity index (χ3v) is 1.59. The normalized spacial score (nSPS) is 24.4. The molecule has 0 bridgehead atoms. The molecule has 1 aliphatic rings. The van der Waals surface area contributed by atoms with Crippen LogP contribution in [0.2, 0.25) is 0 Å². The number of alkyl halides is 2. The highest BCUT2D eigenvalue weighted by atomic mass is 19.3. The number of piperidine rings is 1. The molecule has 1 saturated heterocycles. The molecule has 5 heteroatoms. The third kappa shape index (κ3) is 1.62. The SMILES string of the molecule is O=NN1CCC(F)(F)CC1. The van der Waals surface area contributed by atoms with Crippen LogP contribution in [0.4, 0.5) is 8.78 Å². The lowest BCUT2D eigenvalue weighted by Crippen LogP contribution is -2.35. The van der Waals surface area contributed by atoms with Crippen LogP contribution in [0.5, 0.6) is 0 Å². The maximum absolute atomic E-state index is 12.3. The second kappa shape index (κ2) is 2.48. The topological polar surface area (TPSA) is 32.7 Å². The van der Waals surface area contributed by atoms with Crippen LogP contribution in [0, 0.1) is 4.91 Å². The molecule has 0 aromatic heterocycles. The van der Waals surface area contributed by atoms with Crippen molar-refractivity contribution in [1.29, 1.82) is 0 Å². The molecule has 0 aliphatic carbocycles. The number of hydrogen-bond donors (Lipinski definition) is 0. The van der Waals surface area contributed by atoms with Gasteiger partial charge in [0.1, 0.15) is 0 Å². The summed E-state index contributed by atoms with van der Waals surface area (Å²) in [5.74, 6) is -2.58. The molecular weight excluding hydrogens is 142 g/mol. The Morgan fingerprint density at radius 3 is 2.20 bits per heavy atom. The van der Waals surface area contributed by atoms with Gasteiger partial charge in [-0.25, -0.2) is 8.78 Å². The van der Waals surface area contributed by atoms with Gasteiger partial charge in [-0.1, -0.05) is 0 Å². The van der Waals surface area contributed by atoms with Crippen LogP contribution in [0.3, 0.4) is 0 Å². The molecule has 0 N–H and O–H groups in total. The molecular formula is C5H8F2N2O. The molecule has 0 saturated carbocycles. The van der Waals surface area contributed by atoms with E-state index in [4.69, 9.17) is 0 Å². The minimum absolute atomic E-state index is 0.0799. The van der Waals surface area contributed by atoms with E-state index in [0.29, 0.717) is 0 Å². The van der Waals surface area contributed by atoms with Gasteiger partial charge in [-0.15, -0.1) is 4.91 Å². The van der Waals surface area contributed by atoms with E-state index in [0.717, 1.165) is 5.01 Å². The molecule has 0 unspecified atom stereocenters. The largest absolute Gasteiger partial charge is 0.260 e. The van der Waals surface area contributed by atoms with E-state index in [1.807, 2.05) is 0 Å². The molecule has 1 rings (SSSR count). The summed E-state index contributed by atoms with van der Waals surface area (Å²) in [6.45, 7) is 0.160. The maximum atomic E-state index is 12.3. The van der Waals surface area contributed by atoms with E-state index in [2.05, 4.69) is 5.29 Å². The van der Waals surface area contributed by atoms with E-state index < -0.39 is 5.92 Å². The average molecular weight is 150 g/mol. The highest BCUT2D eigenvalue weighted by molar-refractivity contribution is 4.75. The van der Waals surface area contributed by atoms with Crippen molar-refractivity contribution in [3.05, 3.63) is 4.91 Å². The van der Waals surface area contributed by atoms with Crippen LogP contribution in [0.15, 0.2) is 5.29 Å². The zero-order valence-electron chi connectivity index (χ0n) is 5.39. The summed E-state index contributed by atoms with van der Waals surface area (Å²) >= 11 is 0. The van der Waals surface area contributed by atoms with Crippen molar-refractivity contribution in [3.8, 4) is 0 Å². The fraction of sp³-hybridized carbons (Fsp3) is 1.00. The Kier molecular flexibility index (Phi) is 1.82. The molecule has 0 atom stereocenters. The Morgan fingerprint density at radius 1 is 1.30 bits per heavy atom. The molecule has 1 aliphatic heterocycles. The number of nitrogens with zero attached hydrogens (tertiary/aromatic N) is 2. The van der Waals surface area contributed by atoms with Gasteiger partial charge in [-0.05, 0) is 0 Å². The number of rotatable bonds is 1. The highest BCUT2D eigenvalue weighted by Crippen LogP contribution is 2.27. The average Bonchev–Trinajstić information content (AvgIpc) is 1.88. The highest BCUT2D eigenvalue weighted by Gasteiger charge is 2.33. The first-order valence-electron chi connectivity index (χ1n) is 3.10. The van der Waals surface area contributed by atoms with Crippen LogP contribution >= 0.6 is 0 Å². The predicted octanol–water partition coefficient (Wildman–Crippen LogP) is 1.40. The lowest BCUT2D eigenvalue weighted by Gasteiger charge is -2.26. The fourth-order valence-corrected chi connectivity index (χ4v) is 0.904. The first-order valence-corrected chi connectivity index (χ1v) is 3.10. The zero-order chi connectivity index (χ0) is 7.61. The Balaban J connectivity index is 2.38. The molecule has 58 valence electrons. The van der Waals surface area contributed by atoms with Gasteiger partial charge in [0.25, 0.3) is 5.92 Å². The van der Waals surface area contributed by atoms with Crippen LogP contribution in [-0.4, -0.2) is 24.0 Å². The van der Waals surface area contributed by atoms with Crippen LogP contribution in [0.1, 0.15) is 12.8 Å². The van der Waals surface area contributed by atoms with E-state index in [1.165, 1.54) is 0 Å². The standard InChI is InChI=1S/C5H8F2N2O/c6-5(7)1-3-9(8-10)4-2-5/h1-4H2. The van der Waals surface area contributed by atoms with Crippen molar-refractivity contribution in [2.75, 3.05) is 13.1 Å². The molecule has 1 fully saturated rings. The summed E-state index contributed by atoms with van der Waals surface area (Å²) < 4.78 is 24.7. The first-order chi connectivity index (χ1) is 4.64. The molecule has 0 aromatic carbocycles. The van der Waals surface area contributed by atoms with E-state index in [9.17, 15) is 13.7 Å². The van der Waals surface area contributed by atoms with Crippen molar-refractivity contribution in [3.63, 3.8) is 0 Å². The minimum atomic E-state index is -2.58. The lowest BCUT2D eigenvalue weighted by molar-refractivity contribution is -0.0551. The Morgan fingerprint density at radius 2 is 1.80 bits per heavy atom. The minimum Gasteiger partial charge on any atom is -0.260 e. The van der Waals surface area contributed by atoms with Crippen molar-refractivity contribution in [2.24, 2.45) is 5.29 Å². The third-order valence-electron chi connectivity index (χ3n) is 1.59. The first kappa shape index (κ1) is 7.37. The second-order valence-corrected chi connectivity index (χ2v) is 2.39. The Hall–Kier alpha value is -0.740. The van der Waals surface area contributed by atoms with Crippen molar-refractivity contribution >= 4 is 0 Å². The molecule has 0 spiro atoms. The maximum Gasteiger partial charge on any atom is 0.251 e. The second-order valence-electron chi connectivity index (χ2n) is 2.39. The molecule has 10 heavy (non-hydrogen) atoms. The quantitative estimate of drug-likeness (QED) is 0.529. The van der Waals surface area contributed by atoms with Gasteiger partial charge in [-0.3, -0.25) is 5.01 Å². The molecule has 0 amide bonds. The summed E-state index contributed by atoms with van der Waals surface area (Å²) in [6.07, 6.45) is -0.503. The fourth-order valence-electron chi connectivity index (χ4n) is 0.904. The molecule has 0 radical (unpaired) electrons. The number of halogens is 2. The molecule has 0 aromatic rings. The van der Waals surface area contributed by atoms with Gasteiger partial charge in [0.2, 0.25) is 0 Å². The van der Waals surface area contributed by atoms with Crippen LogP contribution in [0.25, 0.3) is 0 Å². The van der Waals surface area contributed by atoms with Gasteiger partial charge < -0.3 is 0 Å². The van der Waals surface area contributed by atoms with Gasteiger partial charge in [0, 0.05) is 25.9 Å². The number of nitroso groups, excluding NO2 is 1. The zero-order valence-corrected chi connectivity index (χ0v) is 5.39. The summed E-state index contributed by atoms with van der Waals surface area (Å²) in [7, 11) is 0. The predicted molar refractivity (Wildman–Crippen MR) is 31.5 cm³/mol. The molecule has 1 heterocycles. The van der Waals surface area contributed by atoms with Crippen molar-refractivity contribution < 1.29 is 8.78 Å². The van der Waals surface area contributed by atoms with Gasteiger partial charge >= 0.3 is 0 Å². The summed E-state index contributed by atoms with van der Waals surface area (Å²) in [6, 6.07) is 0. The Labute approximate surface area is 56.9 Å². The van der Waals surface area contributed by atoms with Crippen LogP contribution in [-0.2, 0) is 0 Å². The van der Waals surface area contributed by atoms with Crippen molar-refractivity contribution in [2.45, 2.75) is 18.8 Å². The smallest absolute Gasteiger partial charge is 0.251 e. The van der Waals surface area contributed by atoms with Gasteiger partial charge in [0.15, 0.2) is 0 Å². The van der Waals surface area contributed by atoms with Crippen molar-refractivity contribution in [1.82, 2.24) is 5.01 Å². The van der Waals surface area contributed by atoms with E-state index >= 15 is 0 Å². The van der Waals surface area contributed by atoms with E-state index in [-0.39, 0.29) is 25.9 Å². The molecule has 3 nitrogen and oxygen atoms in total. The Bertz CT molecular complexity index is 130. The number of hydrogen-bond acceptors (Lipinski definition) is 2. The van der Waals surface area contributed by atoms with Crippen LogP contribution < -0.4 is 0 Å². The van der Waals surface area contributed by atoms with E-state index in [1.54, 1.807) is 0 Å². The summed E-state index contributed by atoms with van der Waals surface area (Å²) in [5.41, 5.74) is 0. The summed E-state index contributed by atoms with van der Waals surface area (Å²) in [5, 5.41) is 3.69.